The van der Waals surface area contributed by atoms with Crippen LogP contribution in [0.2, 0.25) is 5.02 Å². The zero-order valence-electron chi connectivity index (χ0n) is 20.4. The standard InChI is InChI=1S/C28H19ClFN3O5S2/c29-15-4-10-18(11-5-15)33-26(35)22-21(23-25(32-28(37)40-23)39-24(22)27(33)36)14-2-1-3-19(12-14)38-13-20(34)31-17-8-6-16(30)7-9-17/h1-12,21-22,24H,13H2,(H,31,34)(H,32,37). The van der Waals surface area contributed by atoms with Gasteiger partial charge in [-0.2, -0.15) is 0 Å². The van der Waals surface area contributed by atoms with Gasteiger partial charge in [0.1, 0.15) is 16.8 Å². The molecule has 1 fully saturated rings. The molecule has 1 saturated heterocycles. The van der Waals surface area contributed by atoms with Crippen LogP contribution < -0.4 is 19.8 Å². The highest BCUT2D eigenvalue weighted by Crippen LogP contribution is 2.53. The molecule has 3 amide bonds. The highest BCUT2D eigenvalue weighted by molar-refractivity contribution is 8.00. The molecule has 3 atom stereocenters. The molecule has 0 spiro atoms. The van der Waals surface area contributed by atoms with Crippen LogP contribution in [0.25, 0.3) is 0 Å². The summed E-state index contributed by atoms with van der Waals surface area (Å²) < 4.78 is 18.8. The van der Waals surface area contributed by atoms with E-state index in [9.17, 15) is 23.6 Å². The molecule has 0 bridgehead atoms. The topological polar surface area (TPSA) is 109 Å². The van der Waals surface area contributed by atoms with Gasteiger partial charge < -0.3 is 15.0 Å². The van der Waals surface area contributed by atoms with Gasteiger partial charge in [-0.05, 0) is 66.2 Å². The first kappa shape index (κ1) is 26.3. The fraction of sp³-hybridized carbons (Fsp3) is 0.143. The Morgan fingerprint density at radius 3 is 2.52 bits per heavy atom. The van der Waals surface area contributed by atoms with E-state index >= 15 is 0 Å². The lowest BCUT2D eigenvalue weighted by molar-refractivity contribution is -0.122. The van der Waals surface area contributed by atoms with E-state index in [1.165, 1.54) is 40.9 Å². The summed E-state index contributed by atoms with van der Waals surface area (Å²) in [4.78, 5) is 56.4. The van der Waals surface area contributed by atoms with Crippen molar-refractivity contribution in [2.75, 3.05) is 16.8 Å². The van der Waals surface area contributed by atoms with E-state index in [-0.39, 0.29) is 23.3 Å². The molecular weight excluding hydrogens is 577 g/mol. The number of anilines is 2. The van der Waals surface area contributed by atoms with Crippen molar-refractivity contribution in [3.05, 3.63) is 104 Å². The van der Waals surface area contributed by atoms with Crippen molar-refractivity contribution < 1.29 is 23.5 Å². The van der Waals surface area contributed by atoms with Gasteiger partial charge in [0.25, 0.3) is 5.91 Å². The van der Waals surface area contributed by atoms with Crippen LogP contribution in [0.15, 0.2) is 82.6 Å². The second-order valence-electron chi connectivity index (χ2n) is 9.15. The molecule has 3 aromatic carbocycles. The fourth-order valence-corrected chi connectivity index (χ4v) is 7.54. The maximum Gasteiger partial charge on any atom is 0.305 e. The molecule has 12 heteroatoms. The van der Waals surface area contributed by atoms with Gasteiger partial charge in [-0.15, -0.1) is 0 Å². The van der Waals surface area contributed by atoms with Crippen LogP contribution in [0, 0.1) is 11.7 Å². The number of rotatable bonds is 6. The second kappa shape index (κ2) is 10.6. The molecule has 6 rings (SSSR count). The summed E-state index contributed by atoms with van der Waals surface area (Å²) in [6, 6.07) is 18.8. The summed E-state index contributed by atoms with van der Waals surface area (Å²) in [7, 11) is 0. The first-order valence-corrected chi connectivity index (χ1v) is 14.2. The first-order chi connectivity index (χ1) is 19.3. The number of fused-ring (bicyclic) bond motifs is 2. The number of nitrogens with one attached hydrogen (secondary N) is 2. The normalized spacial score (nSPS) is 19.8. The maximum absolute atomic E-state index is 13.8. The summed E-state index contributed by atoms with van der Waals surface area (Å²) in [6.45, 7) is -0.308. The minimum atomic E-state index is -0.760. The predicted octanol–water partition coefficient (Wildman–Crippen LogP) is 5.04. The Morgan fingerprint density at radius 2 is 1.77 bits per heavy atom. The van der Waals surface area contributed by atoms with Crippen LogP contribution in [0.1, 0.15) is 16.4 Å². The molecular formula is C28H19ClFN3O5S2. The number of halogens is 2. The van der Waals surface area contributed by atoms with Crippen molar-refractivity contribution >= 4 is 63.8 Å². The molecule has 3 heterocycles. The Labute approximate surface area is 240 Å². The van der Waals surface area contributed by atoms with Gasteiger partial charge in [0.15, 0.2) is 6.61 Å². The average molecular weight is 596 g/mol. The van der Waals surface area contributed by atoms with E-state index < -0.39 is 28.8 Å². The number of H-pyrrole nitrogens is 1. The van der Waals surface area contributed by atoms with Gasteiger partial charge in [0, 0.05) is 21.5 Å². The minimum Gasteiger partial charge on any atom is -0.484 e. The van der Waals surface area contributed by atoms with Crippen LogP contribution in [0.3, 0.4) is 0 Å². The number of ether oxygens (including phenoxy) is 1. The van der Waals surface area contributed by atoms with Gasteiger partial charge in [-0.25, -0.2) is 9.29 Å². The Balaban J connectivity index is 1.28. The number of hydrogen-bond donors (Lipinski definition) is 2. The summed E-state index contributed by atoms with van der Waals surface area (Å²) in [6.07, 6.45) is 0. The summed E-state index contributed by atoms with van der Waals surface area (Å²) in [5, 5.41) is 2.93. The number of aromatic nitrogens is 1. The Kier molecular flexibility index (Phi) is 6.95. The van der Waals surface area contributed by atoms with Crippen molar-refractivity contribution in [2.24, 2.45) is 5.92 Å². The van der Waals surface area contributed by atoms with Gasteiger partial charge >= 0.3 is 4.87 Å². The monoisotopic (exact) mass is 595 g/mol. The molecule has 1 aromatic heterocycles. The number of amides is 3. The lowest BCUT2D eigenvalue weighted by Gasteiger charge is -2.30. The van der Waals surface area contributed by atoms with Crippen molar-refractivity contribution in [1.82, 2.24) is 4.98 Å². The largest absolute Gasteiger partial charge is 0.484 e. The molecule has 0 saturated carbocycles. The summed E-state index contributed by atoms with van der Waals surface area (Å²) in [5.41, 5.74) is 1.52. The van der Waals surface area contributed by atoms with E-state index in [0.717, 1.165) is 11.3 Å². The number of nitrogens with zero attached hydrogens (tertiary/aromatic N) is 1. The maximum atomic E-state index is 13.8. The minimum absolute atomic E-state index is 0.276. The number of imide groups is 1. The van der Waals surface area contributed by atoms with Crippen LogP contribution in [0.4, 0.5) is 15.8 Å². The highest BCUT2D eigenvalue weighted by atomic mass is 35.5. The Morgan fingerprint density at radius 1 is 1.02 bits per heavy atom. The number of hydrogen-bond acceptors (Lipinski definition) is 7. The van der Waals surface area contributed by atoms with Crippen LogP contribution in [0.5, 0.6) is 5.75 Å². The van der Waals surface area contributed by atoms with Crippen LogP contribution in [-0.4, -0.2) is 34.6 Å². The smallest absolute Gasteiger partial charge is 0.305 e. The van der Waals surface area contributed by atoms with Crippen molar-refractivity contribution in [3.63, 3.8) is 0 Å². The first-order valence-electron chi connectivity index (χ1n) is 12.1. The molecule has 40 heavy (non-hydrogen) atoms. The van der Waals surface area contributed by atoms with Crippen molar-refractivity contribution in [2.45, 2.75) is 16.2 Å². The third-order valence-electron chi connectivity index (χ3n) is 6.62. The predicted molar refractivity (Wildman–Crippen MR) is 151 cm³/mol. The number of thioether (sulfide) groups is 1. The second-order valence-corrected chi connectivity index (χ2v) is 11.8. The molecule has 0 aliphatic carbocycles. The number of benzene rings is 3. The number of carbonyl (C=O) groups is 3. The number of carbonyl (C=O) groups excluding carboxylic acids is 3. The fourth-order valence-electron chi connectivity index (χ4n) is 4.90. The third-order valence-corrected chi connectivity index (χ3v) is 9.28. The van der Waals surface area contributed by atoms with E-state index in [2.05, 4.69) is 10.3 Å². The van der Waals surface area contributed by atoms with E-state index in [1.54, 1.807) is 48.5 Å². The Bertz CT molecular complexity index is 1690. The molecule has 2 aliphatic heterocycles. The zero-order chi connectivity index (χ0) is 28.0. The molecule has 2 N–H and O–H groups in total. The lowest BCUT2D eigenvalue weighted by atomic mass is 9.83. The van der Waals surface area contributed by atoms with Gasteiger partial charge in [-0.3, -0.25) is 19.2 Å². The van der Waals surface area contributed by atoms with E-state index in [0.29, 0.717) is 37.6 Å². The molecule has 0 radical (unpaired) electrons. The van der Waals surface area contributed by atoms with Crippen molar-refractivity contribution in [1.29, 1.82) is 0 Å². The van der Waals surface area contributed by atoms with E-state index in [4.69, 9.17) is 16.3 Å². The van der Waals surface area contributed by atoms with Gasteiger partial charge in [0.05, 0.1) is 16.6 Å². The highest BCUT2D eigenvalue weighted by Gasteiger charge is 2.56. The molecule has 4 aromatic rings. The molecule has 2 aliphatic rings. The molecule has 202 valence electrons. The van der Waals surface area contributed by atoms with E-state index in [1.807, 2.05) is 0 Å². The Hall–Kier alpha value is -3.93. The third kappa shape index (κ3) is 4.91. The van der Waals surface area contributed by atoms with Crippen LogP contribution in [-0.2, 0) is 14.4 Å². The number of aromatic amines is 1. The molecule has 3 unspecified atom stereocenters. The quantitative estimate of drug-likeness (QED) is 0.302. The lowest BCUT2D eigenvalue weighted by Crippen LogP contribution is -2.32. The van der Waals surface area contributed by atoms with Crippen LogP contribution >= 0.6 is 34.7 Å². The summed E-state index contributed by atoms with van der Waals surface area (Å²) in [5.74, 6) is -2.56. The zero-order valence-corrected chi connectivity index (χ0v) is 22.8. The molecule has 8 nitrogen and oxygen atoms in total. The van der Waals surface area contributed by atoms with Gasteiger partial charge in [-0.1, -0.05) is 46.8 Å². The van der Waals surface area contributed by atoms with Gasteiger partial charge in [0.2, 0.25) is 11.8 Å². The SMILES string of the molecule is O=C(COc1cccc(C2c3sc(=O)[nH]c3SC3C(=O)N(c4ccc(Cl)cc4)C(=O)C32)c1)Nc1ccc(F)cc1. The average Bonchev–Trinajstić information content (AvgIpc) is 3.43. The number of thiazole rings is 1. The summed E-state index contributed by atoms with van der Waals surface area (Å²) >= 11 is 8.21. The van der Waals surface area contributed by atoms with Crippen molar-refractivity contribution in [3.8, 4) is 5.75 Å².